The van der Waals surface area contributed by atoms with E-state index in [1.807, 2.05) is 14.1 Å². The van der Waals surface area contributed by atoms with Crippen LogP contribution in [0.15, 0.2) is 30.6 Å². The number of hydrogen-bond donors (Lipinski definition) is 2. The van der Waals surface area contributed by atoms with Crippen LogP contribution in [0.1, 0.15) is 6.42 Å². The molecule has 1 aromatic carbocycles. The van der Waals surface area contributed by atoms with Gasteiger partial charge in [-0.1, -0.05) is 0 Å². The average Bonchev–Trinajstić information content (AvgIpc) is 2.48. The monoisotopic (exact) mass is 307 g/mol. The molecular formula is C15H19F2N5. The molecule has 0 saturated heterocycles. The van der Waals surface area contributed by atoms with Crippen molar-refractivity contribution in [1.29, 1.82) is 0 Å². The van der Waals surface area contributed by atoms with Crippen LogP contribution in [0.5, 0.6) is 0 Å². The zero-order valence-corrected chi connectivity index (χ0v) is 12.6. The fourth-order valence-corrected chi connectivity index (χ4v) is 1.86. The zero-order valence-electron chi connectivity index (χ0n) is 12.6. The van der Waals surface area contributed by atoms with Crippen LogP contribution in [0.4, 0.5) is 26.1 Å². The highest BCUT2D eigenvalue weighted by Crippen LogP contribution is 2.18. The van der Waals surface area contributed by atoms with Crippen molar-refractivity contribution in [2.75, 3.05) is 37.8 Å². The van der Waals surface area contributed by atoms with E-state index in [1.165, 1.54) is 12.4 Å². The molecule has 2 aromatic rings. The van der Waals surface area contributed by atoms with Crippen molar-refractivity contribution >= 4 is 17.3 Å². The van der Waals surface area contributed by atoms with Gasteiger partial charge in [-0.3, -0.25) is 0 Å². The largest absolute Gasteiger partial charge is 0.370 e. The summed E-state index contributed by atoms with van der Waals surface area (Å²) in [5.41, 5.74) is 0.427. The number of benzene rings is 1. The molecule has 0 amide bonds. The molecule has 2 N–H and O–H groups in total. The normalized spacial score (nSPS) is 10.8. The maximum Gasteiger partial charge on any atom is 0.160 e. The van der Waals surface area contributed by atoms with Gasteiger partial charge in [-0.2, -0.15) is 0 Å². The summed E-state index contributed by atoms with van der Waals surface area (Å²) in [6.45, 7) is 1.78. The van der Waals surface area contributed by atoms with Gasteiger partial charge in [0.2, 0.25) is 0 Å². The lowest BCUT2D eigenvalue weighted by molar-refractivity contribution is 0.405. The van der Waals surface area contributed by atoms with Gasteiger partial charge in [0.15, 0.2) is 11.6 Å². The molecule has 1 heterocycles. The molecule has 0 unspecified atom stereocenters. The lowest BCUT2D eigenvalue weighted by Crippen LogP contribution is -2.16. The van der Waals surface area contributed by atoms with Gasteiger partial charge >= 0.3 is 0 Å². The van der Waals surface area contributed by atoms with E-state index in [0.29, 0.717) is 17.3 Å². The van der Waals surface area contributed by atoms with E-state index in [1.54, 1.807) is 6.07 Å². The minimum atomic E-state index is -0.902. The fourth-order valence-electron chi connectivity index (χ4n) is 1.86. The van der Waals surface area contributed by atoms with Gasteiger partial charge in [0.05, 0.1) is 0 Å². The summed E-state index contributed by atoms with van der Waals surface area (Å²) in [6.07, 6.45) is 2.40. The molecule has 118 valence electrons. The summed E-state index contributed by atoms with van der Waals surface area (Å²) in [6, 6.07) is 5.32. The standard InChI is InChI=1S/C15H19F2N5/c1-22(2)7-3-6-18-14-9-15(20-10-19-14)21-11-4-5-12(16)13(17)8-11/h4-5,8-10H,3,6-7H2,1-2H3,(H2,18,19,20,21). The number of hydrogen-bond acceptors (Lipinski definition) is 5. The van der Waals surface area contributed by atoms with Crippen molar-refractivity contribution in [1.82, 2.24) is 14.9 Å². The van der Waals surface area contributed by atoms with E-state index in [9.17, 15) is 8.78 Å². The summed E-state index contributed by atoms with van der Waals surface area (Å²) < 4.78 is 26.1. The Hall–Kier alpha value is -2.28. The molecule has 0 atom stereocenters. The highest BCUT2D eigenvalue weighted by Gasteiger charge is 2.04. The predicted molar refractivity (Wildman–Crippen MR) is 83.3 cm³/mol. The molecule has 0 spiro atoms. The molecule has 0 fully saturated rings. The van der Waals surface area contributed by atoms with Gasteiger partial charge in [0.25, 0.3) is 0 Å². The number of anilines is 3. The molecule has 0 aliphatic heterocycles. The Bertz CT molecular complexity index is 619. The van der Waals surface area contributed by atoms with Crippen LogP contribution in [-0.2, 0) is 0 Å². The van der Waals surface area contributed by atoms with Crippen molar-refractivity contribution in [3.8, 4) is 0 Å². The van der Waals surface area contributed by atoms with E-state index >= 15 is 0 Å². The van der Waals surface area contributed by atoms with Gasteiger partial charge in [0, 0.05) is 24.4 Å². The third-order valence-corrected chi connectivity index (χ3v) is 2.95. The van der Waals surface area contributed by atoms with Gasteiger partial charge in [0.1, 0.15) is 18.0 Å². The number of rotatable bonds is 7. The highest BCUT2D eigenvalue weighted by atomic mass is 19.2. The average molecular weight is 307 g/mol. The molecule has 7 heteroatoms. The van der Waals surface area contributed by atoms with Gasteiger partial charge < -0.3 is 15.5 Å². The van der Waals surface area contributed by atoms with Crippen LogP contribution >= 0.6 is 0 Å². The lowest BCUT2D eigenvalue weighted by Gasteiger charge is -2.11. The Balaban J connectivity index is 1.94. The van der Waals surface area contributed by atoms with E-state index in [0.717, 1.165) is 31.6 Å². The Labute approximate surface area is 128 Å². The molecule has 0 aliphatic carbocycles. The predicted octanol–water partition coefficient (Wildman–Crippen LogP) is 2.86. The van der Waals surface area contributed by atoms with Crippen molar-refractivity contribution in [2.45, 2.75) is 6.42 Å². The third-order valence-electron chi connectivity index (χ3n) is 2.95. The quantitative estimate of drug-likeness (QED) is 0.770. The lowest BCUT2D eigenvalue weighted by atomic mass is 10.3. The first-order valence-electron chi connectivity index (χ1n) is 6.97. The van der Waals surface area contributed by atoms with Gasteiger partial charge in [-0.05, 0) is 39.2 Å². The molecule has 0 aliphatic rings. The van der Waals surface area contributed by atoms with Crippen LogP contribution in [0.2, 0.25) is 0 Å². The Kier molecular flexibility index (Phi) is 5.60. The van der Waals surface area contributed by atoms with E-state index < -0.39 is 11.6 Å². The second-order valence-corrected chi connectivity index (χ2v) is 5.13. The SMILES string of the molecule is CN(C)CCCNc1cc(Nc2ccc(F)c(F)c2)ncn1. The zero-order chi connectivity index (χ0) is 15.9. The number of nitrogens with one attached hydrogen (secondary N) is 2. The first kappa shape index (κ1) is 16.1. The summed E-state index contributed by atoms with van der Waals surface area (Å²) in [5, 5.41) is 6.11. The van der Waals surface area contributed by atoms with Crippen molar-refractivity contribution in [3.63, 3.8) is 0 Å². The molecule has 22 heavy (non-hydrogen) atoms. The van der Waals surface area contributed by atoms with Crippen LogP contribution < -0.4 is 10.6 Å². The van der Waals surface area contributed by atoms with E-state index in [4.69, 9.17) is 0 Å². The summed E-state index contributed by atoms with van der Waals surface area (Å²) in [5.74, 6) is -0.590. The molecule has 0 radical (unpaired) electrons. The summed E-state index contributed by atoms with van der Waals surface area (Å²) >= 11 is 0. The summed E-state index contributed by atoms with van der Waals surface area (Å²) in [4.78, 5) is 10.3. The first-order valence-corrected chi connectivity index (χ1v) is 6.97. The fraction of sp³-hybridized carbons (Fsp3) is 0.333. The third kappa shape index (κ3) is 4.92. The van der Waals surface area contributed by atoms with Gasteiger partial charge in [-0.15, -0.1) is 0 Å². The van der Waals surface area contributed by atoms with Gasteiger partial charge in [-0.25, -0.2) is 18.7 Å². The Morgan fingerprint density at radius 1 is 1.05 bits per heavy atom. The molecule has 1 aromatic heterocycles. The number of nitrogens with zero attached hydrogens (tertiary/aromatic N) is 3. The minimum absolute atomic E-state index is 0.427. The Morgan fingerprint density at radius 3 is 2.55 bits per heavy atom. The van der Waals surface area contributed by atoms with E-state index in [2.05, 4.69) is 25.5 Å². The molecular weight excluding hydrogens is 288 g/mol. The van der Waals surface area contributed by atoms with Crippen LogP contribution in [0.25, 0.3) is 0 Å². The van der Waals surface area contributed by atoms with E-state index in [-0.39, 0.29) is 0 Å². The molecule has 2 rings (SSSR count). The molecule has 5 nitrogen and oxygen atoms in total. The number of halogens is 2. The number of aromatic nitrogens is 2. The maximum atomic E-state index is 13.2. The van der Waals surface area contributed by atoms with Crippen LogP contribution in [0, 0.1) is 11.6 Å². The summed E-state index contributed by atoms with van der Waals surface area (Å²) in [7, 11) is 4.04. The van der Waals surface area contributed by atoms with Crippen molar-refractivity contribution < 1.29 is 8.78 Å². The molecule has 0 saturated carbocycles. The minimum Gasteiger partial charge on any atom is -0.370 e. The topological polar surface area (TPSA) is 53.1 Å². The second-order valence-electron chi connectivity index (χ2n) is 5.13. The Morgan fingerprint density at radius 2 is 1.82 bits per heavy atom. The highest BCUT2D eigenvalue weighted by molar-refractivity contribution is 5.58. The van der Waals surface area contributed by atoms with Crippen LogP contribution in [-0.4, -0.2) is 42.1 Å². The first-order chi connectivity index (χ1) is 10.5. The smallest absolute Gasteiger partial charge is 0.160 e. The second kappa shape index (κ2) is 7.65. The molecule has 0 bridgehead atoms. The van der Waals surface area contributed by atoms with Crippen LogP contribution in [0.3, 0.4) is 0 Å². The van der Waals surface area contributed by atoms with Crippen molar-refractivity contribution in [3.05, 3.63) is 42.2 Å². The maximum absolute atomic E-state index is 13.2. The van der Waals surface area contributed by atoms with Crippen molar-refractivity contribution in [2.24, 2.45) is 0 Å².